The predicted octanol–water partition coefficient (Wildman–Crippen LogP) is 2.40. The lowest BCUT2D eigenvalue weighted by molar-refractivity contribution is -0.123. The van der Waals surface area contributed by atoms with Gasteiger partial charge in [-0.1, -0.05) is 12.2 Å². The molecule has 2 aliphatic rings. The van der Waals surface area contributed by atoms with Crippen LogP contribution in [0.1, 0.15) is 19.3 Å². The van der Waals surface area contributed by atoms with Crippen LogP contribution in [-0.2, 0) is 4.79 Å². The minimum atomic E-state index is 0.260. The van der Waals surface area contributed by atoms with Gasteiger partial charge in [0.25, 0.3) is 0 Å². The molecule has 2 aliphatic carbocycles. The van der Waals surface area contributed by atoms with E-state index >= 15 is 0 Å². The standard InChI is InChI=1S/C10H13ClO/c11-5-1-2-9-7-3-4-8(6-7)10(9)12/h3-4,7-9H,1-2,5-6H2/t7-,8+,9+/m1/s1. The van der Waals surface area contributed by atoms with Crippen LogP contribution < -0.4 is 0 Å². The van der Waals surface area contributed by atoms with Crippen molar-refractivity contribution in [2.45, 2.75) is 19.3 Å². The number of rotatable bonds is 3. The van der Waals surface area contributed by atoms with E-state index in [1.165, 1.54) is 0 Å². The highest BCUT2D eigenvalue weighted by atomic mass is 35.5. The molecule has 2 rings (SSSR count). The molecule has 2 heteroatoms. The van der Waals surface area contributed by atoms with Crippen LogP contribution in [0.4, 0.5) is 0 Å². The maximum absolute atomic E-state index is 11.6. The molecule has 0 heterocycles. The molecule has 2 bridgehead atoms. The summed E-state index contributed by atoms with van der Waals surface area (Å²) >= 11 is 5.60. The van der Waals surface area contributed by atoms with Crippen molar-refractivity contribution in [2.24, 2.45) is 17.8 Å². The third-order valence-electron chi connectivity index (χ3n) is 3.01. The third kappa shape index (κ3) is 1.20. The molecule has 0 unspecified atom stereocenters. The van der Waals surface area contributed by atoms with Crippen LogP contribution in [0.2, 0.25) is 0 Å². The van der Waals surface area contributed by atoms with E-state index in [-0.39, 0.29) is 5.92 Å². The van der Waals surface area contributed by atoms with Gasteiger partial charge in [-0.3, -0.25) is 4.79 Å². The van der Waals surface area contributed by atoms with Crippen molar-refractivity contribution in [3.8, 4) is 0 Å². The first-order valence-electron chi connectivity index (χ1n) is 4.61. The van der Waals surface area contributed by atoms with Gasteiger partial charge >= 0.3 is 0 Å². The zero-order valence-electron chi connectivity index (χ0n) is 7.00. The fourth-order valence-corrected chi connectivity index (χ4v) is 2.53. The second-order valence-electron chi connectivity index (χ2n) is 3.73. The first-order chi connectivity index (χ1) is 5.83. The molecule has 0 saturated heterocycles. The largest absolute Gasteiger partial charge is 0.299 e. The molecule has 1 nitrogen and oxygen atoms in total. The summed E-state index contributed by atoms with van der Waals surface area (Å²) in [4.78, 5) is 11.6. The highest BCUT2D eigenvalue weighted by Crippen LogP contribution is 2.42. The van der Waals surface area contributed by atoms with Gasteiger partial charge in [-0.2, -0.15) is 0 Å². The van der Waals surface area contributed by atoms with Gasteiger partial charge in [-0.05, 0) is 25.2 Å². The average Bonchev–Trinajstić information content (AvgIpc) is 2.62. The van der Waals surface area contributed by atoms with E-state index in [1.807, 2.05) is 0 Å². The Morgan fingerprint density at radius 1 is 1.50 bits per heavy atom. The molecule has 0 N–H and O–H groups in total. The number of halogens is 1. The van der Waals surface area contributed by atoms with Crippen molar-refractivity contribution < 1.29 is 4.79 Å². The Bertz CT molecular complexity index is 222. The number of alkyl halides is 1. The summed E-state index contributed by atoms with van der Waals surface area (Å²) in [6, 6.07) is 0. The Balaban J connectivity index is 1.99. The molecule has 0 aliphatic heterocycles. The summed E-state index contributed by atoms with van der Waals surface area (Å²) in [5, 5.41) is 0. The van der Waals surface area contributed by atoms with Crippen LogP contribution in [0.15, 0.2) is 12.2 Å². The Labute approximate surface area is 77.8 Å². The van der Waals surface area contributed by atoms with Crippen molar-refractivity contribution in [3.63, 3.8) is 0 Å². The van der Waals surface area contributed by atoms with E-state index < -0.39 is 0 Å². The molecule has 0 aromatic heterocycles. The topological polar surface area (TPSA) is 17.1 Å². The number of Topliss-reactive ketones (excluding diaryl/α,β-unsaturated/α-hetero) is 1. The molecule has 0 aromatic carbocycles. The van der Waals surface area contributed by atoms with E-state index in [2.05, 4.69) is 12.2 Å². The predicted molar refractivity (Wildman–Crippen MR) is 49.2 cm³/mol. The highest BCUT2D eigenvalue weighted by Gasteiger charge is 2.42. The Morgan fingerprint density at radius 2 is 2.33 bits per heavy atom. The average molecular weight is 185 g/mol. The molecule has 1 fully saturated rings. The van der Waals surface area contributed by atoms with Crippen molar-refractivity contribution in [2.75, 3.05) is 5.88 Å². The van der Waals surface area contributed by atoms with Gasteiger partial charge < -0.3 is 0 Å². The number of hydrogen-bond donors (Lipinski definition) is 0. The minimum Gasteiger partial charge on any atom is -0.299 e. The number of hydrogen-bond acceptors (Lipinski definition) is 1. The molecular formula is C10H13ClO. The van der Waals surface area contributed by atoms with Gasteiger partial charge in [0.15, 0.2) is 0 Å². The first-order valence-corrected chi connectivity index (χ1v) is 5.14. The van der Waals surface area contributed by atoms with Crippen molar-refractivity contribution in [1.29, 1.82) is 0 Å². The Morgan fingerprint density at radius 3 is 2.92 bits per heavy atom. The minimum absolute atomic E-state index is 0.260. The molecule has 12 heavy (non-hydrogen) atoms. The molecular weight excluding hydrogens is 172 g/mol. The van der Waals surface area contributed by atoms with Gasteiger partial charge in [0.1, 0.15) is 5.78 Å². The van der Waals surface area contributed by atoms with Gasteiger partial charge in [-0.15, -0.1) is 11.6 Å². The maximum Gasteiger partial charge on any atom is 0.143 e. The first kappa shape index (κ1) is 8.31. The summed E-state index contributed by atoms with van der Waals surface area (Å²) in [6.07, 6.45) is 7.34. The van der Waals surface area contributed by atoms with Gasteiger partial charge in [0, 0.05) is 17.7 Å². The Kier molecular flexibility index (Phi) is 2.22. The van der Waals surface area contributed by atoms with Crippen molar-refractivity contribution >= 4 is 17.4 Å². The molecule has 0 aromatic rings. The number of carbonyl (C=O) groups excluding carboxylic acids is 1. The number of fused-ring (bicyclic) bond motifs is 2. The molecule has 0 amide bonds. The van der Waals surface area contributed by atoms with Crippen molar-refractivity contribution in [3.05, 3.63) is 12.2 Å². The molecule has 1 saturated carbocycles. The maximum atomic E-state index is 11.6. The Hall–Kier alpha value is -0.300. The summed E-state index contributed by atoms with van der Waals surface area (Å²) in [6.45, 7) is 0. The van der Waals surface area contributed by atoms with Crippen LogP contribution in [0.25, 0.3) is 0 Å². The van der Waals surface area contributed by atoms with Crippen molar-refractivity contribution in [1.82, 2.24) is 0 Å². The van der Waals surface area contributed by atoms with Crippen LogP contribution >= 0.6 is 11.6 Å². The smallest absolute Gasteiger partial charge is 0.143 e. The van der Waals surface area contributed by atoms with E-state index in [0.29, 0.717) is 23.5 Å². The third-order valence-corrected chi connectivity index (χ3v) is 3.28. The fourth-order valence-electron chi connectivity index (χ4n) is 2.38. The van der Waals surface area contributed by atoms with E-state index in [4.69, 9.17) is 11.6 Å². The van der Waals surface area contributed by atoms with E-state index in [9.17, 15) is 4.79 Å². The van der Waals surface area contributed by atoms with Gasteiger partial charge in [-0.25, -0.2) is 0 Å². The quantitative estimate of drug-likeness (QED) is 0.486. The molecule has 0 spiro atoms. The lowest BCUT2D eigenvalue weighted by Crippen LogP contribution is -2.18. The summed E-state index contributed by atoms with van der Waals surface area (Å²) in [7, 11) is 0. The van der Waals surface area contributed by atoms with Crippen LogP contribution in [-0.4, -0.2) is 11.7 Å². The van der Waals surface area contributed by atoms with Crippen LogP contribution in [0.3, 0.4) is 0 Å². The lowest BCUT2D eigenvalue weighted by Gasteiger charge is -2.15. The second-order valence-corrected chi connectivity index (χ2v) is 4.11. The number of ketones is 1. The normalized spacial score (nSPS) is 38.1. The summed E-state index contributed by atoms with van der Waals surface area (Å²) in [5.41, 5.74) is 0. The second kappa shape index (κ2) is 3.21. The zero-order valence-corrected chi connectivity index (χ0v) is 7.76. The number of allylic oxidation sites excluding steroid dienone is 2. The number of carbonyl (C=O) groups is 1. The summed E-state index contributed by atoms with van der Waals surface area (Å²) < 4.78 is 0. The monoisotopic (exact) mass is 184 g/mol. The fraction of sp³-hybridized carbons (Fsp3) is 0.700. The van der Waals surface area contributed by atoms with Gasteiger partial charge in [0.2, 0.25) is 0 Å². The molecule has 3 atom stereocenters. The van der Waals surface area contributed by atoms with Crippen LogP contribution in [0.5, 0.6) is 0 Å². The van der Waals surface area contributed by atoms with Gasteiger partial charge in [0.05, 0.1) is 0 Å². The molecule has 66 valence electrons. The lowest BCUT2D eigenvalue weighted by atomic mass is 9.89. The highest BCUT2D eigenvalue weighted by molar-refractivity contribution is 6.17. The van der Waals surface area contributed by atoms with E-state index in [0.717, 1.165) is 19.3 Å². The zero-order chi connectivity index (χ0) is 8.55. The SMILES string of the molecule is O=C1[C@@H](CCCCl)[C@@H]2C=C[C@H]1C2. The summed E-state index contributed by atoms with van der Waals surface area (Å²) in [5.74, 6) is 2.26. The van der Waals surface area contributed by atoms with E-state index in [1.54, 1.807) is 0 Å². The molecule has 0 radical (unpaired) electrons. The van der Waals surface area contributed by atoms with Crippen LogP contribution in [0, 0.1) is 17.8 Å².